The predicted molar refractivity (Wildman–Crippen MR) is 89.2 cm³/mol. The molecule has 6 heteroatoms. The maximum atomic E-state index is 12.0. The van der Waals surface area contributed by atoms with Gasteiger partial charge in [-0.2, -0.15) is 0 Å². The molecule has 1 rings (SSSR count). The molecule has 2 amide bonds. The molecule has 23 heavy (non-hydrogen) atoms. The summed E-state index contributed by atoms with van der Waals surface area (Å²) in [6.07, 6.45) is 1.11. The number of hydrogen-bond donors (Lipinski definition) is 1. The molecule has 0 saturated carbocycles. The molecule has 0 atom stereocenters. The van der Waals surface area contributed by atoms with Gasteiger partial charge in [-0.3, -0.25) is 4.79 Å². The Labute approximate surface area is 139 Å². The van der Waals surface area contributed by atoms with E-state index in [1.54, 1.807) is 4.90 Å². The number of rotatable bonds is 5. The molecule has 1 aliphatic heterocycles. The van der Waals surface area contributed by atoms with E-state index < -0.39 is 5.60 Å². The zero-order valence-electron chi connectivity index (χ0n) is 15.4. The maximum absolute atomic E-state index is 12.0. The Bertz CT molecular complexity index is 407. The smallest absolute Gasteiger partial charge is 0.410 e. The number of likely N-dealkylation sites (tertiary alicyclic amines) is 1. The topological polar surface area (TPSA) is 67.9 Å². The summed E-state index contributed by atoms with van der Waals surface area (Å²) in [4.78, 5) is 25.5. The maximum Gasteiger partial charge on any atom is 0.410 e. The van der Waals surface area contributed by atoms with Crippen molar-refractivity contribution in [2.75, 3.05) is 26.2 Å². The Kier molecular flexibility index (Phi) is 6.86. The van der Waals surface area contributed by atoms with E-state index in [0.29, 0.717) is 38.4 Å². The lowest BCUT2D eigenvalue weighted by Crippen LogP contribution is -2.48. The molecule has 1 aliphatic rings. The minimum atomic E-state index is -0.483. The minimum absolute atomic E-state index is 0.0651. The first-order valence-electron chi connectivity index (χ1n) is 8.39. The number of ether oxygens (including phenoxy) is 2. The Morgan fingerprint density at radius 1 is 1.22 bits per heavy atom. The molecule has 1 saturated heterocycles. The molecule has 0 unspecified atom stereocenters. The Hall–Kier alpha value is -1.30. The molecule has 134 valence electrons. The molecule has 0 bridgehead atoms. The van der Waals surface area contributed by atoms with Gasteiger partial charge in [-0.1, -0.05) is 13.8 Å². The highest BCUT2D eigenvalue weighted by molar-refractivity contribution is 5.77. The van der Waals surface area contributed by atoms with E-state index >= 15 is 0 Å². The first-order chi connectivity index (χ1) is 10.5. The number of nitrogens with zero attached hydrogens (tertiary/aromatic N) is 1. The molecule has 0 spiro atoms. The van der Waals surface area contributed by atoms with E-state index in [9.17, 15) is 9.59 Å². The summed E-state index contributed by atoms with van der Waals surface area (Å²) in [6.45, 7) is 13.6. The van der Waals surface area contributed by atoms with Gasteiger partial charge in [0, 0.05) is 19.6 Å². The molecule has 0 radical (unpaired) electrons. The van der Waals surface area contributed by atoms with Gasteiger partial charge >= 0.3 is 6.09 Å². The van der Waals surface area contributed by atoms with Crippen molar-refractivity contribution >= 4 is 12.0 Å². The Morgan fingerprint density at radius 2 is 1.78 bits per heavy atom. The number of nitrogens with one attached hydrogen (secondary N) is 1. The molecular formula is C17H32N2O4. The van der Waals surface area contributed by atoms with Crippen molar-refractivity contribution in [3.63, 3.8) is 0 Å². The van der Waals surface area contributed by atoms with Gasteiger partial charge in [0.15, 0.2) is 0 Å². The number of piperidine rings is 1. The standard InChI is InChI=1S/C17H32N2O4/c1-13(2)11-18-14(20)12-22-17(6)7-9-19(10-8-17)15(21)23-16(3,4)5/h13H,7-12H2,1-6H3,(H,18,20). The van der Waals surface area contributed by atoms with E-state index in [1.807, 2.05) is 27.7 Å². The third kappa shape index (κ3) is 7.68. The summed E-state index contributed by atoms with van der Waals surface area (Å²) in [5.41, 5.74) is -0.851. The van der Waals surface area contributed by atoms with Crippen LogP contribution in [0.4, 0.5) is 4.79 Å². The summed E-state index contributed by atoms with van der Waals surface area (Å²) in [7, 11) is 0. The van der Waals surface area contributed by atoms with Gasteiger partial charge in [-0.05, 0) is 46.5 Å². The van der Waals surface area contributed by atoms with Crippen LogP contribution in [0, 0.1) is 5.92 Å². The third-order valence-electron chi connectivity index (χ3n) is 3.73. The quantitative estimate of drug-likeness (QED) is 0.842. The third-order valence-corrected chi connectivity index (χ3v) is 3.73. The van der Waals surface area contributed by atoms with Gasteiger partial charge in [-0.25, -0.2) is 4.79 Å². The second-order valence-corrected chi connectivity index (χ2v) is 7.90. The fraction of sp³-hybridized carbons (Fsp3) is 0.882. The van der Waals surface area contributed by atoms with Gasteiger partial charge in [0.05, 0.1) is 5.60 Å². The van der Waals surface area contributed by atoms with Gasteiger partial charge in [0.2, 0.25) is 5.91 Å². The number of amides is 2. The second-order valence-electron chi connectivity index (χ2n) is 7.90. The van der Waals surface area contributed by atoms with Crippen LogP contribution < -0.4 is 5.32 Å². The van der Waals surface area contributed by atoms with Crippen molar-refractivity contribution in [2.24, 2.45) is 5.92 Å². The van der Waals surface area contributed by atoms with Crippen LogP contribution in [-0.2, 0) is 14.3 Å². The normalized spacial score (nSPS) is 18.0. The average molecular weight is 328 g/mol. The monoisotopic (exact) mass is 328 g/mol. The van der Waals surface area contributed by atoms with Crippen LogP contribution in [0.1, 0.15) is 54.4 Å². The molecule has 1 fully saturated rings. The fourth-order valence-electron chi connectivity index (χ4n) is 2.24. The average Bonchev–Trinajstić information content (AvgIpc) is 2.42. The van der Waals surface area contributed by atoms with Crippen LogP contribution in [0.15, 0.2) is 0 Å². The number of carbonyl (C=O) groups excluding carboxylic acids is 2. The first-order valence-corrected chi connectivity index (χ1v) is 8.39. The van der Waals surface area contributed by atoms with Crippen LogP contribution in [0.2, 0.25) is 0 Å². The van der Waals surface area contributed by atoms with Crippen molar-refractivity contribution in [2.45, 2.75) is 65.6 Å². The highest BCUT2D eigenvalue weighted by Gasteiger charge is 2.34. The van der Waals surface area contributed by atoms with Crippen LogP contribution in [0.3, 0.4) is 0 Å². The molecular weight excluding hydrogens is 296 g/mol. The van der Waals surface area contributed by atoms with E-state index in [-0.39, 0.29) is 24.2 Å². The van der Waals surface area contributed by atoms with Gasteiger partial charge in [-0.15, -0.1) is 0 Å². The van der Waals surface area contributed by atoms with Crippen LogP contribution in [0.25, 0.3) is 0 Å². The Balaban J connectivity index is 2.36. The lowest BCUT2D eigenvalue weighted by atomic mass is 9.93. The van der Waals surface area contributed by atoms with Crippen LogP contribution in [-0.4, -0.2) is 54.3 Å². The van der Waals surface area contributed by atoms with Crippen molar-refractivity contribution < 1.29 is 19.1 Å². The van der Waals surface area contributed by atoms with Crippen LogP contribution in [0.5, 0.6) is 0 Å². The highest BCUT2D eigenvalue weighted by atomic mass is 16.6. The predicted octanol–water partition coefficient (Wildman–Crippen LogP) is 2.56. The zero-order chi connectivity index (χ0) is 17.7. The van der Waals surface area contributed by atoms with E-state index in [0.717, 1.165) is 0 Å². The van der Waals surface area contributed by atoms with E-state index in [4.69, 9.17) is 9.47 Å². The molecule has 0 aromatic rings. The lowest BCUT2D eigenvalue weighted by Gasteiger charge is -2.39. The zero-order valence-corrected chi connectivity index (χ0v) is 15.4. The summed E-state index contributed by atoms with van der Waals surface area (Å²) in [5.74, 6) is 0.334. The number of carbonyl (C=O) groups is 2. The van der Waals surface area contributed by atoms with Crippen molar-refractivity contribution in [3.8, 4) is 0 Å². The van der Waals surface area contributed by atoms with Gasteiger partial charge in [0.1, 0.15) is 12.2 Å². The lowest BCUT2D eigenvalue weighted by molar-refractivity contribution is -0.136. The Morgan fingerprint density at radius 3 is 2.26 bits per heavy atom. The van der Waals surface area contributed by atoms with E-state index in [2.05, 4.69) is 19.2 Å². The molecule has 0 aliphatic carbocycles. The van der Waals surface area contributed by atoms with Crippen molar-refractivity contribution in [3.05, 3.63) is 0 Å². The summed E-state index contributed by atoms with van der Waals surface area (Å²) in [5, 5.41) is 2.84. The van der Waals surface area contributed by atoms with Gasteiger partial charge in [0.25, 0.3) is 0 Å². The fourth-order valence-corrected chi connectivity index (χ4v) is 2.24. The summed E-state index contributed by atoms with van der Waals surface area (Å²) >= 11 is 0. The summed E-state index contributed by atoms with van der Waals surface area (Å²) < 4.78 is 11.2. The second kappa shape index (κ2) is 7.99. The van der Waals surface area contributed by atoms with Crippen molar-refractivity contribution in [1.29, 1.82) is 0 Å². The molecule has 6 nitrogen and oxygen atoms in total. The molecule has 1 N–H and O–H groups in total. The minimum Gasteiger partial charge on any atom is -0.444 e. The van der Waals surface area contributed by atoms with Crippen LogP contribution >= 0.6 is 0 Å². The SMILES string of the molecule is CC(C)CNC(=O)COC1(C)CCN(C(=O)OC(C)(C)C)CC1. The highest BCUT2D eigenvalue weighted by Crippen LogP contribution is 2.26. The van der Waals surface area contributed by atoms with Gasteiger partial charge < -0.3 is 19.7 Å². The number of hydrogen-bond acceptors (Lipinski definition) is 4. The summed E-state index contributed by atoms with van der Waals surface area (Å²) in [6, 6.07) is 0. The largest absolute Gasteiger partial charge is 0.444 e. The molecule has 0 aromatic carbocycles. The molecule has 1 heterocycles. The molecule has 0 aromatic heterocycles. The van der Waals surface area contributed by atoms with E-state index in [1.165, 1.54) is 0 Å². The van der Waals surface area contributed by atoms with Crippen molar-refractivity contribution in [1.82, 2.24) is 10.2 Å². The first kappa shape index (κ1) is 19.7.